The molecule has 0 aliphatic carbocycles. The number of hydrogen-bond acceptors (Lipinski definition) is 5. The third-order valence-electron chi connectivity index (χ3n) is 3.48. The Morgan fingerprint density at radius 1 is 1.00 bits per heavy atom. The van der Waals surface area contributed by atoms with E-state index in [0.717, 1.165) is 4.31 Å². The summed E-state index contributed by atoms with van der Waals surface area (Å²) in [6, 6.07) is 12.8. The standard InChI is InChI=1S/C18H21ClN2O5S/c1-21(2)27(23,24)17-9-7-15(8-10-17)25-12-11-20-18(22)13-26-16-5-3-14(19)4-6-16/h3-10H,11-13H2,1-2H3,(H,20,22). The predicted molar refractivity (Wildman–Crippen MR) is 103 cm³/mol. The number of halogens is 1. The molecule has 7 nitrogen and oxygen atoms in total. The van der Waals surface area contributed by atoms with Crippen LogP contribution in [0.15, 0.2) is 53.4 Å². The van der Waals surface area contributed by atoms with Crippen molar-refractivity contribution in [2.75, 3.05) is 33.9 Å². The summed E-state index contributed by atoms with van der Waals surface area (Å²) in [6.07, 6.45) is 0. The fraction of sp³-hybridized carbons (Fsp3) is 0.278. The van der Waals surface area contributed by atoms with Crippen molar-refractivity contribution in [3.63, 3.8) is 0 Å². The Morgan fingerprint density at radius 2 is 1.56 bits per heavy atom. The molecular formula is C18H21ClN2O5S. The number of nitrogens with zero attached hydrogens (tertiary/aromatic N) is 1. The molecule has 2 aromatic carbocycles. The van der Waals surface area contributed by atoms with Crippen LogP contribution < -0.4 is 14.8 Å². The van der Waals surface area contributed by atoms with Gasteiger partial charge in [0, 0.05) is 19.1 Å². The maximum Gasteiger partial charge on any atom is 0.258 e. The molecule has 0 fully saturated rings. The molecule has 0 bridgehead atoms. The van der Waals surface area contributed by atoms with Crippen LogP contribution in [0.2, 0.25) is 5.02 Å². The Balaban J connectivity index is 1.70. The van der Waals surface area contributed by atoms with Crippen LogP contribution in [0.25, 0.3) is 0 Å². The molecule has 0 spiro atoms. The Labute approximate surface area is 163 Å². The molecule has 2 rings (SSSR count). The molecule has 9 heteroatoms. The van der Waals surface area contributed by atoms with Gasteiger partial charge in [0.15, 0.2) is 6.61 Å². The van der Waals surface area contributed by atoms with Crippen molar-refractivity contribution < 1.29 is 22.7 Å². The number of amides is 1. The molecule has 0 unspecified atom stereocenters. The molecule has 0 heterocycles. The lowest BCUT2D eigenvalue weighted by Gasteiger charge is -2.12. The fourth-order valence-electron chi connectivity index (χ4n) is 2.01. The molecule has 1 N–H and O–H groups in total. The third-order valence-corrected chi connectivity index (χ3v) is 5.56. The van der Waals surface area contributed by atoms with Crippen LogP contribution in [0, 0.1) is 0 Å². The summed E-state index contributed by atoms with van der Waals surface area (Å²) in [6.45, 7) is 0.422. The first-order valence-corrected chi connectivity index (χ1v) is 9.91. The average Bonchev–Trinajstić information content (AvgIpc) is 2.65. The van der Waals surface area contributed by atoms with Crippen molar-refractivity contribution in [1.29, 1.82) is 0 Å². The molecule has 0 saturated carbocycles. The van der Waals surface area contributed by atoms with Crippen LogP contribution in [0.1, 0.15) is 0 Å². The Kier molecular flexibility index (Phi) is 7.46. The summed E-state index contributed by atoms with van der Waals surface area (Å²) in [5.74, 6) is 0.791. The van der Waals surface area contributed by atoms with E-state index in [1.807, 2.05) is 0 Å². The van der Waals surface area contributed by atoms with Gasteiger partial charge in [-0.15, -0.1) is 0 Å². The van der Waals surface area contributed by atoms with Crippen LogP contribution >= 0.6 is 11.6 Å². The smallest absolute Gasteiger partial charge is 0.258 e. The summed E-state index contributed by atoms with van der Waals surface area (Å²) >= 11 is 5.77. The van der Waals surface area contributed by atoms with Crippen LogP contribution in [-0.2, 0) is 14.8 Å². The minimum absolute atomic E-state index is 0.112. The van der Waals surface area contributed by atoms with E-state index in [1.54, 1.807) is 36.4 Å². The second-order valence-electron chi connectivity index (χ2n) is 5.70. The topological polar surface area (TPSA) is 84.9 Å². The lowest BCUT2D eigenvalue weighted by atomic mass is 10.3. The SMILES string of the molecule is CN(C)S(=O)(=O)c1ccc(OCCNC(=O)COc2ccc(Cl)cc2)cc1. The Bertz CT molecular complexity index is 852. The Hall–Kier alpha value is -2.29. The fourth-order valence-corrected chi connectivity index (χ4v) is 3.04. The number of hydrogen-bond donors (Lipinski definition) is 1. The summed E-state index contributed by atoms with van der Waals surface area (Å²) in [7, 11) is -0.520. The van der Waals surface area contributed by atoms with E-state index in [-0.39, 0.29) is 24.0 Å². The number of nitrogens with one attached hydrogen (secondary N) is 1. The van der Waals surface area contributed by atoms with Gasteiger partial charge in [0.25, 0.3) is 5.91 Å². The van der Waals surface area contributed by atoms with E-state index in [0.29, 0.717) is 23.1 Å². The highest BCUT2D eigenvalue weighted by molar-refractivity contribution is 7.89. The molecule has 2 aromatic rings. The summed E-state index contributed by atoms with van der Waals surface area (Å²) in [4.78, 5) is 11.9. The zero-order valence-corrected chi connectivity index (χ0v) is 16.6. The minimum atomic E-state index is -3.46. The van der Waals surface area contributed by atoms with Gasteiger partial charge in [-0.25, -0.2) is 12.7 Å². The quantitative estimate of drug-likeness (QED) is 0.638. The van der Waals surface area contributed by atoms with Gasteiger partial charge < -0.3 is 14.8 Å². The number of sulfonamides is 1. The molecule has 0 aliphatic heterocycles. The zero-order chi connectivity index (χ0) is 19.9. The highest BCUT2D eigenvalue weighted by Crippen LogP contribution is 2.18. The molecule has 0 aromatic heterocycles. The molecule has 146 valence electrons. The highest BCUT2D eigenvalue weighted by atomic mass is 35.5. The molecule has 27 heavy (non-hydrogen) atoms. The lowest BCUT2D eigenvalue weighted by molar-refractivity contribution is -0.123. The first kappa shape index (κ1) is 21.0. The van der Waals surface area contributed by atoms with E-state index in [9.17, 15) is 13.2 Å². The van der Waals surface area contributed by atoms with Gasteiger partial charge in [0.1, 0.15) is 18.1 Å². The number of carbonyl (C=O) groups excluding carboxylic acids is 1. The van der Waals surface area contributed by atoms with Crippen LogP contribution in [0.5, 0.6) is 11.5 Å². The number of ether oxygens (including phenoxy) is 2. The highest BCUT2D eigenvalue weighted by Gasteiger charge is 2.16. The first-order valence-electron chi connectivity index (χ1n) is 8.09. The predicted octanol–water partition coefficient (Wildman–Crippen LogP) is 2.16. The average molecular weight is 413 g/mol. The number of rotatable bonds is 9. The molecule has 0 aliphatic rings. The van der Waals surface area contributed by atoms with Gasteiger partial charge in [-0.1, -0.05) is 11.6 Å². The normalized spacial score (nSPS) is 11.3. The van der Waals surface area contributed by atoms with Gasteiger partial charge >= 0.3 is 0 Å². The van der Waals surface area contributed by atoms with Gasteiger partial charge in [-0.3, -0.25) is 4.79 Å². The van der Waals surface area contributed by atoms with E-state index >= 15 is 0 Å². The van der Waals surface area contributed by atoms with Gasteiger partial charge in [-0.2, -0.15) is 0 Å². The third kappa shape index (κ3) is 6.42. The van der Waals surface area contributed by atoms with E-state index in [4.69, 9.17) is 21.1 Å². The minimum Gasteiger partial charge on any atom is -0.492 e. The van der Waals surface area contributed by atoms with Gasteiger partial charge in [0.2, 0.25) is 10.0 Å². The van der Waals surface area contributed by atoms with E-state index in [1.165, 1.54) is 26.2 Å². The maximum atomic E-state index is 12.0. The van der Waals surface area contributed by atoms with E-state index < -0.39 is 10.0 Å². The van der Waals surface area contributed by atoms with Crippen molar-refractivity contribution in [2.24, 2.45) is 0 Å². The van der Waals surface area contributed by atoms with Crippen molar-refractivity contribution in [3.05, 3.63) is 53.6 Å². The van der Waals surface area contributed by atoms with Crippen molar-refractivity contribution in [3.8, 4) is 11.5 Å². The second-order valence-corrected chi connectivity index (χ2v) is 8.29. The Morgan fingerprint density at radius 3 is 2.15 bits per heavy atom. The molecule has 0 atom stereocenters. The molecular weight excluding hydrogens is 392 g/mol. The maximum absolute atomic E-state index is 12.0. The second kappa shape index (κ2) is 9.59. The summed E-state index contributed by atoms with van der Waals surface area (Å²) in [5, 5.41) is 3.26. The van der Waals surface area contributed by atoms with Crippen molar-refractivity contribution >= 4 is 27.5 Å². The van der Waals surface area contributed by atoms with Crippen LogP contribution in [0.3, 0.4) is 0 Å². The molecule has 0 saturated heterocycles. The molecule has 0 radical (unpaired) electrons. The summed E-state index contributed by atoms with van der Waals surface area (Å²) in [5.41, 5.74) is 0. The number of benzene rings is 2. The monoisotopic (exact) mass is 412 g/mol. The number of carbonyl (C=O) groups is 1. The summed E-state index contributed by atoms with van der Waals surface area (Å²) < 4.78 is 35.9. The first-order chi connectivity index (χ1) is 12.8. The van der Waals surface area contributed by atoms with E-state index in [2.05, 4.69) is 5.32 Å². The molecule has 1 amide bonds. The van der Waals surface area contributed by atoms with Crippen molar-refractivity contribution in [2.45, 2.75) is 4.90 Å². The van der Waals surface area contributed by atoms with Crippen molar-refractivity contribution in [1.82, 2.24) is 9.62 Å². The lowest BCUT2D eigenvalue weighted by Crippen LogP contribution is -2.32. The van der Waals surface area contributed by atoms with Gasteiger partial charge in [0.05, 0.1) is 11.4 Å². The van der Waals surface area contributed by atoms with Crippen LogP contribution in [0.4, 0.5) is 0 Å². The largest absolute Gasteiger partial charge is 0.492 e. The van der Waals surface area contributed by atoms with Crippen LogP contribution in [-0.4, -0.2) is 52.5 Å². The van der Waals surface area contributed by atoms with Gasteiger partial charge in [-0.05, 0) is 48.5 Å². The zero-order valence-electron chi connectivity index (χ0n) is 15.0.